The minimum Gasteiger partial charge on any atom is -0.356 e. The largest absolute Gasteiger partial charge is 0.356 e. The molecule has 0 bridgehead atoms. The highest BCUT2D eigenvalue weighted by atomic mass is 127. The average molecular weight is 464 g/mol. The van der Waals surface area contributed by atoms with Gasteiger partial charge in [0.2, 0.25) is 5.91 Å². The predicted octanol–water partition coefficient (Wildman–Crippen LogP) is 3.51. The first-order chi connectivity index (χ1) is 11.6. The van der Waals surface area contributed by atoms with E-state index >= 15 is 0 Å². The van der Waals surface area contributed by atoms with E-state index in [1.54, 1.807) is 7.05 Å². The molecule has 0 aliphatic carbocycles. The van der Waals surface area contributed by atoms with Gasteiger partial charge in [0.25, 0.3) is 0 Å². The van der Waals surface area contributed by atoms with Gasteiger partial charge in [0.1, 0.15) is 0 Å². The van der Waals surface area contributed by atoms with Crippen LogP contribution in [0.2, 0.25) is 0 Å². The van der Waals surface area contributed by atoms with Crippen molar-refractivity contribution in [1.82, 2.24) is 15.1 Å². The lowest BCUT2D eigenvalue weighted by Gasteiger charge is -2.31. The van der Waals surface area contributed by atoms with Crippen LogP contribution in [0, 0.1) is 5.92 Å². The summed E-state index contributed by atoms with van der Waals surface area (Å²) in [6.07, 6.45) is 9.54. The van der Waals surface area contributed by atoms with Gasteiger partial charge in [0, 0.05) is 46.7 Å². The molecule has 146 valence electrons. The number of likely N-dealkylation sites (tertiary alicyclic amines) is 1. The molecule has 0 radical (unpaired) electrons. The van der Waals surface area contributed by atoms with E-state index in [1.807, 2.05) is 11.0 Å². The molecule has 25 heavy (non-hydrogen) atoms. The van der Waals surface area contributed by atoms with E-state index in [-0.39, 0.29) is 29.9 Å². The maximum Gasteiger partial charge on any atom is 0.224 e. The minimum absolute atomic E-state index is 0. The lowest BCUT2D eigenvalue weighted by molar-refractivity contribution is -0.132. The first-order valence-corrected chi connectivity index (χ1v) is 9.39. The molecule has 1 amide bonds. The van der Waals surface area contributed by atoms with Crippen LogP contribution in [0.5, 0.6) is 0 Å². The zero-order valence-corrected chi connectivity index (χ0v) is 18.6. The molecule has 1 fully saturated rings. The van der Waals surface area contributed by atoms with Crippen molar-refractivity contribution in [1.29, 1.82) is 0 Å². The number of amides is 1. The standard InChI is InChI=1S/C19H36N4O.HI/c1-5-6-7-8-9-14-22(4)19(20-3)21-13-12-18(24)23-15-10-11-17(2)16-23;/h5,17H,1,6-16H2,2-4H3,(H,20,21);1H. The average Bonchev–Trinajstić information content (AvgIpc) is 2.58. The molecule has 0 aromatic carbocycles. The van der Waals surface area contributed by atoms with Gasteiger partial charge in [-0.25, -0.2) is 0 Å². The monoisotopic (exact) mass is 464 g/mol. The van der Waals surface area contributed by atoms with Crippen LogP contribution in [0.3, 0.4) is 0 Å². The summed E-state index contributed by atoms with van der Waals surface area (Å²) in [7, 11) is 3.85. The summed E-state index contributed by atoms with van der Waals surface area (Å²) < 4.78 is 0. The number of carbonyl (C=O) groups is 1. The second-order valence-electron chi connectivity index (χ2n) is 6.87. The van der Waals surface area contributed by atoms with Crippen molar-refractivity contribution in [2.24, 2.45) is 10.9 Å². The molecule has 1 saturated heterocycles. The zero-order valence-electron chi connectivity index (χ0n) is 16.3. The summed E-state index contributed by atoms with van der Waals surface area (Å²) >= 11 is 0. The van der Waals surface area contributed by atoms with Crippen molar-refractivity contribution < 1.29 is 4.79 Å². The number of nitrogens with one attached hydrogen (secondary N) is 1. The minimum atomic E-state index is 0. The van der Waals surface area contributed by atoms with Crippen molar-refractivity contribution in [2.75, 3.05) is 40.3 Å². The van der Waals surface area contributed by atoms with Crippen molar-refractivity contribution in [3.63, 3.8) is 0 Å². The van der Waals surface area contributed by atoms with Gasteiger partial charge in [-0.2, -0.15) is 0 Å². The summed E-state index contributed by atoms with van der Waals surface area (Å²) in [6, 6.07) is 0. The Bertz CT molecular complexity index is 414. The van der Waals surface area contributed by atoms with Gasteiger partial charge in [0.15, 0.2) is 5.96 Å². The Labute approximate surface area is 171 Å². The molecule has 0 saturated carbocycles. The number of allylic oxidation sites excluding steroid dienone is 1. The van der Waals surface area contributed by atoms with Crippen LogP contribution in [0.1, 0.15) is 51.9 Å². The topological polar surface area (TPSA) is 47.9 Å². The van der Waals surface area contributed by atoms with E-state index in [0.29, 0.717) is 18.9 Å². The third-order valence-electron chi connectivity index (χ3n) is 4.61. The molecule has 1 rings (SSSR count). The van der Waals surface area contributed by atoms with Crippen LogP contribution in [0.4, 0.5) is 0 Å². The maximum absolute atomic E-state index is 12.3. The van der Waals surface area contributed by atoms with Crippen LogP contribution in [0.15, 0.2) is 17.6 Å². The molecule has 1 atom stereocenters. The fourth-order valence-corrected chi connectivity index (χ4v) is 3.16. The van der Waals surface area contributed by atoms with Gasteiger partial charge < -0.3 is 15.1 Å². The zero-order chi connectivity index (χ0) is 17.8. The summed E-state index contributed by atoms with van der Waals surface area (Å²) in [5.41, 5.74) is 0. The Morgan fingerprint density at radius 3 is 2.80 bits per heavy atom. The Hall–Kier alpha value is -0.790. The van der Waals surface area contributed by atoms with E-state index in [9.17, 15) is 4.79 Å². The number of aliphatic imine (C=N–C) groups is 1. The van der Waals surface area contributed by atoms with Gasteiger partial charge in [0.05, 0.1) is 0 Å². The number of halogens is 1. The third kappa shape index (κ3) is 10.1. The van der Waals surface area contributed by atoms with E-state index in [1.165, 1.54) is 19.3 Å². The van der Waals surface area contributed by atoms with Crippen molar-refractivity contribution >= 4 is 35.8 Å². The molecule has 1 heterocycles. The molecule has 5 nitrogen and oxygen atoms in total. The second kappa shape index (κ2) is 14.4. The molecule has 1 aliphatic heterocycles. The van der Waals surface area contributed by atoms with Gasteiger partial charge in [-0.3, -0.25) is 9.79 Å². The Balaban J connectivity index is 0.00000576. The van der Waals surface area contributed by atoms with E-state index in [4.69, 9.17) is 0 Å². The third-order valence-corrected chi connectivity index (χ3v) is 4.61. The number of hydrogen-bond donors (Lipinski definition) is 1. The molecular weight excluding hydrogens is 427 g/mol. The quantitative estimate of drug-likeness (QED) is 0.187. The number of unbranched alkanes of at least 4 members (excludes halogenated alkanes) is 3. The van der Waals surface area contributed by atoms with Crippen molar-refractivity contribution in [2.45, 2.75) is 51.9 Å². The van der Waals surface area contributed by atoms with E-state index in [2.05, 4.69) is 35.8 Å². The fraction of sp³-hybridized carbons (Fsp3) is 0.789. The van der Waals surface area contributed by atoms with Gasteiger partial charge >= 0.3 is 0 Å². The highest BCUT2D eigenvalue weighted by Crippen LogP contribution is 2.15. The van der Waals surface area contributed by atoms with E-state index < -0.39 is 0 Å². The van der Waals surface area contributed by atoms with Crippen LogP contribution < -0.4 is 5.32 Å². The van der Waals surface area contributed by atoms with Gasteiger partial charge in [-0.05, 0) is 38.0 Å². The Kier molecular flexibility index (Phi) is 13.9. The highest BCUT2D eigenvalue weighted by molar-refractivity contribution is 14.0. The van der Waals surface area contributed by atoms with Gasteiger partial charge in [-0.15, -0.1) is 30.6 Å². The molecule has 0 aromatic heterocycles. The first-order valence-electron chi connectivity index (χ1n) is 9.39. The maximum atomic E-state index is 12.3. The SMILES string of the molecule is C=CCCCCCN(C)C(=NC)NCCC(=O)N1CCCC(C)C1.I. The molecule has 0 spiro atoms. The molecule has 1 N–H and O–H groups in total. The molecule has 1 unspecified atom stereocenters. The van der Waals surface area contributed by atoms with E-state index in [0.717, 1.165) is 44.9 Å². The number of piperidine rings is 1. The summed E-state index contributed by atoms with van der Waals surface area (Å²) in [5.74, 6) is 1.77. The highest BCUT2D eigenvalue weighted by Gasteiger charge is 2.20. The number of hydrogen-bond acceptors (Lipinski definition) is 2. The summed E-state index contributed by atoms with van der Waals surface area (Å²) in [5, 5.41) is 3.31. The Morgan fingerprint density at radius 1 is 1.40 bits per heavy atom. The normalized spacial score (nSPS) is 17.6. The van der Waals surface area contributed by atoms with Crippen LogP contribution in [-0.4, -0.2) is 61.9 Å². The lowest BCUT2D eigenvalue weighted by atomic mass is 10.00. The Morgan fingerprint density at radius 2 is 2.16 bits per heavy atom. The van der Waals surface area contributed by atoms with Crippen molar-refractivity contribution in [3.8, 4) is 0 Å². The van der Waals surface area contributed by atoms with Crippen molar-refractivity contribution in [3.05, 3.63) is 12.7 Å². The molecule has 0 aromatic rings. The number of guanidine groups is 1. The molecule has 6 heteroatoms. The van der Waals surface area contributed by atoms with Crippen LogP contribution in [0.25, 0.3) is 0 Å². The predicted molar refractivity (Wildman–Crippen MR) is 118 cm³/mol. The molecule has 1 aliphatic rings. The summed E-state index contributed by atoms with van der Waals surface area (Å²) in [6.45, 7) is 9.44. The lowest BCUT2D eigenvalue weighted by Crippen LogP contribution is -2.43. The smallest absolute Gasteiger partial charge is 0.224 e. The number of rotatable bonds is 9. The fourth-order valence-electron chi connectivity index (χ4n) is 3.16. The molecular formula is C19H37IN4O. The summed E-state index contributed by atoms with van der Waals surface area (Å²) in [4.78, 5) is 20.8. The first kappa shape index (κ1) is 24.2. The number of carbonyl (C=O) groups excluding carboxylic acids is 1. The second-order valence-corrected chi connectivity index (χ2v) is 6.87. The number of nitrogens with zero attached hydrogens (tertiary/aromatic N) is 3. The van der Waals surface area contributed by atoms with Crippen LogP contribution >= 0.6 is 24.0 Å². The van der Waals surface area contributed by atoms with Crippen LogP contribution in [-0.2, 0) is 4.79 Å². The van der Waals surface area contributed by atoms with Gasteiger partial charge in [-0.1, -0.05) is 19.4 Å².